The van der Waals surface area contributed by atoms with Crippen LogP contribution in [0.2, 0.25) is 0 Å². The molecule has 0 aromatic heterocycles. The summed E-state index contributed by atoms with van der Waals surface area (Å²) in [5.41, 5.74) is 1.77. The molecule has 0 atom stereocenters. The Hall–Kier alpha value is -2.54. The maximum absolute atomic E-state index is 12.1. The zero-order valence-electron chi connectivity index (χ0n) is 14.9. The number of hydrogen-bond donors (Lipinski definition) is 3. The number of anilines is 1. The lowest BCUT2D eigenvalue weighted by Gasteiger charge is -2.22. The summed E-state index contributed by atoms with van der Waals surface area (Å²) in [6.07, 6.45) is 0. The number of halogens is 1. The molecule has 7 heteroatoms. The second-order valence-electron chi connectivity index (χ2n) is 5.75. The fourth-order valence-corrected chi connectivity index (χ4v) is 2.56. The minimum atomic E-state index is -0.219. The summed E-state index contributed by atoms with van der Waals surface area (Å²) >= 11 is 3.43. The van der Waals surface area contributed by atoms with Crippen molar-refractivity contribution in [1.82, 2.24) is 10.2 Å². The standard InChI is InChI=1S/C19H23BrN4O2/c1-3-21-19(24(2)13-14-4-6-15(20)7-5-14)22-12-18(26)23-16-8-10-17(25)11-9-16/h4-11,25H,3,12-13H2,1-2H3,(H,21,22)(H,23,26). The van der Waals surface area contributed by atoms with E-state index in [4.69, 9.17) is 0 Å². The Morgan fingerprint density at radius 1 is 1.15 bits per heavy atom. The number of nitrogens with one attached hydrogen (secondary N) is 2. The zero-order chi connectivity index (χ0) is 18.9. The van der Waals surface area contributed by atoms with Crippen LogP contribution in [0.25, 0.3) is 0 Å². The molecule has 0 radical (unpaired) electrons. The van der Waals surface area contributed by atoms with Crippen LogP contribution >= 0.6 is 15.9 Å². The molecule has 0 saturated heterocycles. The summed E-state index contributed by atoms with van der Waals surface area (Å²) in [7, 11) is 1.93. The van der Waals surface area contributed by atoms with Crippen LogP contribution in [-0.2, 0) is 11.3 Å². The predicted octanol–water partition coefficient (Wildman–Crippen LogP) is 3.19. The smallest absolute Gasteiger partial charge is 0.246 e. The van der Waals surface area contributed by atoms with E-state index in [9.17, 15) is 9.90 Å². The maximum atomic E-state index is 12.1. The van der Waals surface area contributed by atoms with E-state index in [-0.39, 0.29) is 18.2 Å². The van der Waals surface area contributed by atoms with Gasteiger partial charge in [0.1, 0.15) is 12.3 Å². The molecule has 0 aliphatic rings. The van der Waals surface area contributed by atoms with E-state index in [0.29, 0.717) is 24.7 Å². The van der Waals surface area contributed by atoms with Crippen LogP contribution < -0.4 is 10.6 Å². The van der Waals surface area contributed by atoms with Gasteiger partial charge in [-0.3, -0.25) is 4.79 Å². The molecule has 0 bridgehead atoms. The van der Waals surface area contributed by atoms with Gasteiger partial charge in [0.05, 0.1) is 0 Å². The van der Waals surface area contributed by atoms with Crippen LogP contribution in [0.1, 0.15) is 12.5 Å². The number of carbonyl (C=O) groups excluding carboxylic acids is 1. The highest BCUT2D eigenvalue weighted by atomic mass is 79.9. The van der Waals surface area contributed by atoms with Gasteiger partial charge in [-0.1, -0.05) is 28.1 Å². The van der Waals surface area contributed by atoms with Gasteiger partial charge in [0.2, 0.25) is 5.91 Å². The second-order valence-corrected chi connectivity index (χ2v) is 6.66. The van der Waals surface area contributed by atoms with Gasteiger partial charge in [0, 0.05) is 30.3 Å². The van der Waals surface area contributed by atoms with E-state index in [2.05, 4.69) is 31.6 Å². The zero-order valence-corrected chi connectivity index (χ0v) is 16.5. The van der Waals surface area contributed by atoms with Crippen LogP contribution in [0.3, 0.4) is 0 Å². The molecule has 0 heterocycles. The van der Waals surface area contributed by atoms with Crippen molar-refractivity contribution in [2.24, 2.45) is 4.99 Å². The molecule has 138 valence electrons. The number of benzene rings is 2. The first-order valence-electron chi connectivity index (χ1n) is 8.30. The van der Waals surface area contributed by atoms with Gasteiger partial charge in [-0.25, -0.2) is 4.99 Å². The molecule has 1 amide bonds. The monoisotopic (exact) mass is 418 g/mol. The molecule has 2 aromatic rings. The first-order valence-corrected chi connectivity index (χ1v) is 9.10. The maximum Gasteiger partial charge on any atom is 0.246 e. The Labute approximate surface area is 162 Å². The molecule has 6 nitrogen and oxygen atoms in total. The predicted molar refractivity (Wildman–Crippen MR) is 108 cm³/mol. The van der Waals surface area contributed by atoms with E-state index in [1.165, 1.54) is 12.1 Å². The normalized spacial score (nSPS) is 11.1. The van der Waals surface area contributed by atoms with Crippen molar-refractivity contribution in [3.05, 3.63) is 58.6 Å². The molecular formula is C19H23BrN4O2. The van der Waals surface area contributed by atoms with E-state index in [1.54, 1.807) is 12.1 Å². The van der Waals surface area contributed by atoms with Gasteiger partial charge in [0.15, 0.2) is 5.96 Å². The minimum absolute atomic E-state index is 0.00782. The van der Waals surface area contributed by atoms with E-state index in [0.717, 1.165) is 10.0 Å². The molecule has 0 unspecified atom stereocenters. The number of aliphatic imine (C=N–C) groups is 1. The summed E-state index contributed by atoms with van der Waals surface area (Å²) in [5, 5.41) is 15.2. The largest absolute Gasteiger partial charge is 0.508 e. The fraction of sp³-hybridized carbons (Fsp3) is 0.263. The van der Waals surface area contributed by atoms with Gasteiger partial charge in [-0.2, -0.15) is 0 Å². The van der Waals surface area contributed by atoms with E-state index < -0.39 is 0 Å². The molecule has 0 fully saturated rings. The van der Waals surface area contributed by atoms with Crippen molar-refractivity contribution >= 4 is 33.5 Å². The number of amides is 1. The van der Waals surface area contributed by atoms with Gasteiger partial charge >= 0.3 is 0 Å². The molecule has 0 aliphatic heterocycles. The van der Waals surface area contributed by atoms with Crippen LogP contribution in [0.4, 0.5) is 5.69 Å². The Morgan fingerprint density at radius 3 is 2.42 bits per heavy atom. The summed E-state index contributed by atoms with van der Waals surface area (Å²) in [5.74, 6) is 0.601. The molecule has 26 heavy (non-hydrogen) atoms. The lowest BCUT2D eigenvalue weighted by Crippen LogP contribution is -2.39. The number of nitrogens with zero attached hydrogens (tertiary/aromatic N) is 2. The van der Waals surface area contributed by atoms with Crippen LogP contribution in [0.15, 0.2) is 58.0 Å². The molecule has 2 aromatic carbocycles. The Morgan fingerprint density at radius 2 is 1.81 bits per heavy atom. The highest BCUT2D eigenvalue weighted by Crippen LogP contribution is 2.14. The molecule has 3 N–H and O–H groups in total. The van der Waals surface area contributed by atoms with E-state index >= 15 is 0 Å². The third kappa shape index (κ3) is 6.40. The third-order valence-electron chi connectivity index (χ3n) is 3.55. The van der Waals surface area contributed by atoms with Crippen LogP contribution in [-0.4, -0.2) is 42.0 Å². The van der Waals surface area contributed by atoms with Crippen molar-refractivity contribution in [2.45, 2.75) is 13.5 Å². The number of rotatable bonds is 6. The Bertz CT molecular complexity index is 745. The molecule has 0 aliphatic carbocycles. The second kappa shape index (κ2) is 9.82. The SMILES string of the molecule is CCNC(=NCC(=O)Nc1ccc(O)cc1)N(C)Cc1ccc(Br)cc1. The van der Waals surface area contributed by atoms with Gasteiger partial charge in [-0.05, 0) is 48.9 Å². The van der Waals surface area contributed by atoms with Crippen molar-refractivity contribution in [3.8, 4) is 5.75 Å². The topological polar surface area (TPSA) is 77.0 Å². The number of aromatic hydroxyl groups is 1. The number of carbonyl (C=O) groups is 1. The van der Waals surface area contributed by atoms with Gasteiger partial charge < -0.3 is 20.6 Å². The first-order chi connectivity index (χ1) is 12.5. The van der Waals surface area contributed by atoms with Crippen molar-refractivity contribution in [3.63, 3.8) is 0 Å². The number of hydrogen-bond acceptors (Lipinski definition) is 3. The first kappa shape index (κ1) is 19.8. The molecular weight excluding hydrogens is 396 g/mol. The van der Waals surface area contributed by atoms with E-state index in [1.807, 2.05) is 43.1 Å². The Balaban J connectivity index is 1.96. The van der Waals surface area contributed by atoms with Crippen molar-refractivity contribution < 1.29 is 9.90 Å². The Kier molecular flexibility index (Phi) is 7.47. The van der Waals surface area contributed by atoms with Crippen molar-refractivity contribution in [2.75, 3.05) is 25.5 Å². The summed E-state index contributed by atoms with van der Waals surface area (Å²) < 4.78 is 1.04. The number of phenolic OH excluding ortho intramolecular Hbond substituents is 1. The van der Waals surface area contributed by atoms with Crippen LogP contribution in [0.5, 0.6) is 5.75 Å². The lowest BCUT2D eigenvalue weighted by molar-refractivity contribution is -0.114. The highest BCUT2D eigenvalue weighted by molar-refractivity contribution is 9.10. The lowest BCUT2D eigenvalue weighted by atomic mass is 10.2. The molecule has 0 spiro atoms. The average Bonchev–Trinajstić information content (AvgIpc) is 2.62. The summed E-state index contributed by atoms with van der Waals surface area (Å²) in [6, 6.07) is 14.4. The van der Waals surface area contributed by atoms with Gasteiger partial charge in [-0.15, -0.1) is 0 Å². The number of phenols is 1. The fourth-order valence-electron chi connectivity index (χ4n) is 2.30. The summed E-state index contributed by atoms with van der Waals surface area (Å²) in [4.78, 5) is 18.5. The highest BCUT2D eigenvalue weighted by Gasteiger charge is 2.08. The quantitative estimate of drug-likeness (QED) is 0.382. The third-order valence-corrected chi connectivity index (χ3v) is 4.08. The van der Waals surface area contributed by atoms with Crippen molar-refractivity contribution in [1.29, 1.82) is 0 Å². The van der Waals surface area contributed by atoms with Crippen LogP contribution in [0, 0.1) is 0 Å². The molecule has 0 saturated carbocycles. The van der Waals surface area contributed by atoms with Gasteiger partial charge in [0.25, 0.3) is 0 Å². The minimum Gasteiger partial charge on any atom is -0.508 e. The summed E-state index contributed by atoms with van der Waals surface area (Å²) in [6.45, 7) is 3.38. The number of guanidine groups is 1. The average molecular weight is 419 g/mol. The molecule has 2 rings (SSSR count).